The van der Waals surface area contributed by atoms with Crippen molar-refractivity contribution in [2.45, 2.75) is 97.2 Å². The minimum atomic E-state index is -0.684. The van der Waals surface area contributed by atoms with Gasteiger partial charge in [0.05, 0.1) is 12.2 Å². The zero-order chi connectivity index (χ0) is 20.3. The number of aliphatic hydroxyl groups excluding tert-OH is 2. The van der Waals surface area contributed by atoms with E-state index in [1.807, 2.05) is 0 Å². The molecule has 4 nitrogen and oxygen atoms in total. The Morgan fingerprint density at radius 2 is 1.68 bits per heavy atom. The lowest BCUT2D eigenvalue weighted by Gasteiger charge is -2.62. The van der Waals surface area contributed by atoms with Gasteiger partial charge in [0.1, 0.15) is 0 Å². The Bertz CT molecular complexity index is 605. The number of rotatable bonds is 4. The Hall–Kier alpha value is -0.610. The van der Waals surface area contributed by atoms with E-state index in [1.54, 1.807) is 0 Å². The molecule has 4 rings (SSSR count). The number of aliphatic hydroxyl groups is 2. The summed E-state index contributed by atoms with van der Waals surface area (Å²) in [7, 11) is 0. The van der Waals surface area contributed by atoms with Crippen LogP contribution in [0.1, 0.15) is 85.0 Å². The van der Waals surface area contributed by atoms with E-state index in [2.05, 4.69) is 20.8 Å². The molecule has 28 heavy (non-hydrogen) atoms. The van der Waals surface area contributed by atoms with Crippen molar-refractivity contribution in [2.24, 2.45) is 46.3 Å². The number of carboxylic acid groups (broad SMARTS) is 1. The SMILES string of the molecule is C[C@H](CCC(=O)O)[C@H]1CC[C@H]2[C@@H]3[C@H](O)C[C@@H]4C[C@H](O)CC[C@]4(C)[C@@H]3CC[C@]12C. The molecule has 0 unspecified atom stereocenters. The van der Waals surface area contributed by atoms with Crippen molar-refractivity contribution in [3.8, 4) is 0 Å². The summed E-state index contributed by atoms with van der Waals surface area (Å²) < 4.78 is 0. The van der Waals surface area contributed by atoms with E-state index >= 15 is 0 Å². The van der Waals surface area contributed by atoms with Gasteiger partial charge in [-0.2, -0.15) is 0 Å². The van der Waals surface area contributed by atoms with E-state index in [9.17, 15) is 15.0 Å². The fraction of sp³-hybridized carbons (Fsp3) is 0.958. The first kappa shape index (κ1) is 20.7. The molecule has 0 amide bonds. The fourth-order valence-corrected chi connectivity index (χ4v) is 8.73. The van der Waals surface area contributed by atoms with Gasteiger partial charge in [0.2, 0.25) is 0 Å². The van der Waals surface area contributed by atoms with Crippen molar-refractivity contribution < 1.29 is 20.1 Å². The van der Waals surface area contributed by atoms with E-state index in [-0.39, 0.29) is 29.5 Å². The van der Waals surface area contributed by atoms with Gasteiger partial charge in [-0.15, -0.1) is 0 Å². The van der Waals surface area contributed by atoms with E-state index in [4.69, 9.17) is 5.11 Å². The summed E-state index contributed by atoms with van der Waals surface area (Å²) in [6, 6.07) is 0. The van der Waals surface area contributed by atoms with Crippen LogP contribution in [0.5, 0.6) is 0 Å². The fourth-order valence-electron chi connectivity index (χ4n) is 8.73. The number of carbonyl (C=O) groups is 1. The highest BCUT2D eigenvalue weighted by Gasteiger charge is 2.62. The topological polar surface area (TPSA) is 77.8 Å². The summed E-state index contributed by atoms with van der Waals surface area (Å²) in [5.74, 6) is 2.36. The molecule has 10 atom stereocenters. The first-order valence-corrected chi connectivity index (χ1v) is 11.7. The third-order valence-corrected chi connectivity index (χ3v) is 10.2. The van der Waals surface area contributed by atoms with E-state index < -0.39 is 5.97 Å². The van der Waals surface area contributed by atoms with Crippen LogP contribution in [0.3, 0.4) is 0 Å². The van der Waals surface area contributed by atoms with Crippen LogP contribution < -0.4 is 0 Å². The molecule has 4 heteroatoms. The molecule has 4 fully saturated rings. The Morgan fingerprint density at radius 3 is 2.39 bits per heavy atom. The van der Waals surface area contributed by atoms with Gasteiger partial charge in [0.25, 0.3) is 0 Å². The summed E-state index contributed by atoms with van der Waals surface area (Å²) >= 11 is 0. The first-order chi connectivity index (χ1) is 13.2. The minimum Gasteiger partial charge on any atom is -0.481 e. The largest absolute Gasteiger partial charge is 0.481 e. The van der Waals surface area contributed by atoms with Crippen LogP contribution in [0, 0.1) is 46.3 Å². The molecule has 0 heterocycles. The van der Waals surface area contributed by atoms with Crippen molar-refractivity contribution in [3.63, 3.8) is 0 Å². The lowest BCUT2D eigenvalue weighted by Crippen LogP contribution is -2.58. The van der Waals surface area contributed by atoms with Crippen LogP contribution in [0.15, 0.2) is 0 Å². The van der Waals surface area contributed by atoms with E-state index in [0.29, 0.717) is 35.5 Å². The van der Waals surface area contributed by atoms with Gasteiger partial charge in [-0.05, 0) is 104 Å². The van der Waals surface area contributed by atoms with Crippen molar-refractivity contribution >= 4 is 5.97 Å². The summed E-state index contributed by atoms with van der Waals surface area (Å²) in [6.07, 6.45) is 9.19. The number of carboxylic acids is 1. The smallest absolute Gasteiger partial charge is 0.303 e. The molecule has 0 aromatic carbocycles. The molecule has 0 spiro atoms. The molecule has 4 saturated carbocycles. The number of hydrogen-bond donors (Lipinski definition) is 3. The second-order valence-electron chi connectivity index (χ2n) is 11.4. The predicted octanol–water partition coefficient (Wildman–Crippen LogP) is 4.48. The number of aliphatic carboxylic acids is 1. The molecule has 3 N–H and O–H groups in total. The van der Waals surface area contributed by atoms with Crippen LogP contribution in [-0.4, -0.2) is 33.5 Å². The maximum Gasteiger partial charge on any atom is 0.303 e. The van der Waals surface area contributed by atoms with Gasteiger partial charge < -0.3 is 15.3 Å². The maximum absolute atomic E-state index is 11.2. The minimum absolute atomic E-state index is 0.179. The van der Waals surface area contributed by atoms with Crippen molar-refractivity contribution in [3.05, 3.63) is 0 Å². The molecule has 0 aliphatic heterocycles. The zero-order valence-electron chi connectivity index (χ0n) is 17.9. The predicted molar refractivity (Wildman–Crippen MR) is 109 cm³/mol. The lowest BCUT2D eigenvalue weighted by molar-refractivity contribution is -0.174. The maximum atomic E-state index is 11.2. The quantitative estimate of drug-likeness (QED) is 0.659. The number of hydrogen-bond acceptors (Lipinski definition) is 3. The average Bonchev–Trinajstić information content (AvgIpc) is 2.98. The average molecular weight is 393 g/mol. The Morgan fingerprint density at radius 1 is 1.00 bits per heavy atom. The summed E-state index contributed by atoms with van der Waals surface area (Å²) in [6.45, 7) is 7.16. The molecule has 0 bridgehead atoms. The van der Waals surface area contributed by atoms with Crippen molar-refractivity contribution in [1.82, 2.24) is 0 Å². The Labute approximate surface area is 170 Å². The van der Waals surface area contributed by atoms with Crippen LogP contribution in [-0.2, 0) is 4.79 Å². The van der Waals surface area contributed by atoms with Crippen molar-refractivity contribution in [2.75, 3.05) is 0 Å². The highest BCUT2D eigenvalue weighted by molar-refractivity contribution is 5.66. The highest BCUT2D eigenvalue weighted by atomic mass is 16.4. The van der Waals surface area contributed by atoms with Gasteiger partial charge in [-0.3, -0.25) is 4.79 Å². The van der Waals surface area contributed by atoms with Gasteiger partial charge in [-0.25, -0.2) is 0 Å². The lowest BCUT2D eigenvalue weighted by atomic mass is 9.43. The third kappa shape index (κ3) is 3.14. The summed E-state index contributed by atoms with van der Waals surface area (Å²) in [5, 5.41) is 30.5. The number of fused-ring (bicyclic) bond motifs is 5. The summed E-state index contributed by atoms with van der Waals surface area (Å²) in [4.78, 5) is 11.1. The monoisotopic (exact) mass is 392 g/mol. The third-order valence-electron chi connectivity index (χ3n) is 10.2. The molecular weight excluding hydrogens is 352 g/mol. The molecule has 0 aromatic rings. The molecular formula is C24H40O4. The molecule has 0 aromatic heterocycles. The van der Waals surface area contributed by atoms with Gasteiger partial charge in [0, 0.05) is 6.42 Å². The standard InChI is InChI=1S/C24H40O4/c1-14(4-7-21(27)28)17-5-6-18-22-19(9-11-24(17,18)3)23(2)10-8-16(25)12-15(23)13-20(22)26/h14-20,22,25-26H,4-13H2,1-3H3,(H,27,28)/t14-,15+,16-,17-,18+,19-,20-,22+,23+,24-/m1/s1. The van der Waals surface area contributed by atoms with Crippen LogP contribution in [0.25, 0.3) is 0 Å². The Balaban J connectivity index is 1.55. The second-order valence-corrected chi connectivity index (χ2v) is 11.4. The van der Waals surface area contributed by atoms with E-state index in [1.165, 1.54) is 25.7 Å². The Kier molecular flexibility index (Phi) is 5.36. The van der Waals surface area contributed by atoms with E-state index in [0.717, 1.165) is 32.1 Å². The van der Waals surface area contributed by atoms with Crippen molar-refractivity contribution in [1.29, 1.82) is 0 Å². The highest BCUT2D eigenvalue weighted by Crippen LogP contribution is 2.68. The van der Waals surface area contributed by atoms with Gasteiger partial charge in [-0.1, -0.05) is 20.8 Å². The van der Waals surface area contributed by atoms with Gasteiger partial charge in [0.15, 0.2) is 0 Å². The van der Waals surface area contributed by atoms with Gasteiger partial charge >= 0.3 is 5.97 Å². The summed E-state index contributed by atoms with van der Waals surface area (Å²) in [5.41, 5.74) is 0.523. The van der Waals surface area contributed by atoms with Crippen LogP contribution >= 0.6 is 0 Å². The molecule has 4 aliphatic rings. The zero-order valence-corrected chi connectivity index (χ0v) is 17.9. The second kappa shape index (κ2) is 7.27. The molecule has 0 saturated heterocycles. The molecule has 4 aliphatic carbocycles. The molecule has 160 valence electrons. The molecule has 0 radical (unpaired) electrons. The first-order valence-electron chi connectivity index (χ1n) is 11.7. The normalized spacial score (nSPS) is 51.7. The van der Waals surface area contributed by atoms with Crippen LogP contribution in [0.4, 0.5) is 0 Å². The van der Waals surface area contributed by atoms with Crippen LogP contribution in [0.2, 0.25) is 0 Å².